The van der Waals surface area contributed by atoms with Crippen LogP contribution in [-0.4, -0.2) is 74.6 Å². The molecule has 1 unspecified atom stereocenters. The lowest BCUT2D eigenvalue weighted by Gasteiger charge is -2.37. The van der Waals surface area contributed by atoms with Crippen LogP contribution in [0.2, 0.25) is 0 Å². The van der Waals surface area contributed by atoms with Gasteiger partial charge in [-0.3, -0.25) is 9.47 Å². The van der Waals surface area contributed by atoms with Gasteiger partial charge in [-0.25, -0.2) is 9.48 Å². The van der Waals surface area contributed by atoms with Crippen LogP contribution in [-0.2, 0) is 11.4 Å². The number of carbonyl (C=O) groups excluding carboxylic acids is 1. The highest BCUT2D eigenvalue weighted by Crippen LogP contribution is 2.39. The number of amides is 1. The second-order valence-corrected chi connectivity index (χ2v) is 12.0. The highest BCUT2D eigenvalue weighted by Gasteiger charge is 2.32. The van der Waals surface area contributed by atoms with Gasteiger partial charge in [0.05, 0.1) is 6.67 Å². The summed E-state index contributed by atoms with van der Waals surface area (Å²) in [4.78, 5) is 19.6. The molecule has 3 heterocycles. The molecule has 3 aliphatic rings. The Morgan fingerprint density at radius 3 is 2.44 bits per heavy atom. The number of hydrogen-bond donors (Lipinski definition) is 0. The molecule has 1 saturated carbocycles. The maximum Gasteiger partial charge on any atom is 0.410 e. The molecule has 1 atom stereocenters. The topological polar surface area (TPSA) is 58.8 Å². The Bertz CT molecular complexity index is 894. The van der Waals surface area contributed by atoms with Gasteiger partial charge in [0, 0.05) is 38.3 Å². The SMILES string of the molecule is CC(C)N(CC1CCCN(Cn2nc(N3CCCCC3)n(C3CC3)c2=S)C1)C(=O)OC(C)(C)C. The first-order chi connectivity index (χ1) is 16.1. The molecule has 192 valence electrons. The van der Waals surface area contributed by atoms with Crippen LogP contribution in [0.1, 0.15) is 85.6 Å². The molecule has 2 saturated heterocycles. The van der Waals surface area contributed by atoms with Gasteiger partial charge in [-0.2, -0.15) is 0 Å². The van der Waals surface area contributed by atoms with E-state index < -0.39 is 5.60 Å². The zero-order chi connectivity index (χ0) is 24.5. The van der Waals surface area contributed by atoms with E-state index in [0.717, 1.165) is 63.0 Å². The predicted molar refractivity (Wildman–Crippen MR) is 138 cm³/mol. The van der Waals surface area contributed by atoms with Crippen molar-refractivity contribution >= 4 is 24.3 Å². The number of piperidine rings is 2. The summed E-state index contributed by atoms with van der Waals surface area (Å²) in [7, 11) is 0. The standard InChI is InChI=1S/C25H44N6O2S/c1-19(2)29(24(32)33-25(3,4)5)17-20-10-9-13-27(16-20)18-30-23(34)31(21-11-12-21)22(26-30)28-14-7-6-8-15-28/h19-21H,6-18H2,1-5H3. The first-order valence-electron chi connectivity index (χ1n) is 13.3. The molecule has 0 N–H and O–H groups in total. The molecule has 1 amide bonds. The lowest BCUT2D eigenvalue weighted by molar-refractivity contribution is 0.0108. The molecule has 1 aromatic rings. The van der Waals surface area contributed by atoms with E-state index in [2.05, 4.69) is 28.2 Å². The molecule has 0 radical (unpaired) electrons. The lowest BCUT2D eigenvalue weighted by atomic mass is 9.97. The van der Waals surface area contributed by atoms with Crippen LogP contribution in [0.3, 0.4) is 0 Å². The van der Waals surface area contributed by atoms with E-state index in [-0.39, 0.29) is 12.1 Å². The van der Waals surface area contributed by atoms with Crippen LogP contribution < -0.4 is 4.90 Å². The average molecular weight is 493 g/mol. The van der Waals surface area contributed by atoms with E-state index in [1.807, 2.05) is 30.4 Å². The molecular formula is C25H44N6O2S. The van der Waals surface area contributed by atoms with Gasteiger partial charge in [-0.1, -0.05) is 0 Å². The summed E-state index contributed by atoms with van der Waals surface area (Å²) in [6.07, 6.45) is 8.25. The largest absolute Gasteiger partial charge is 0.444 e. The van der Waals surface area contributed by atoms with Gasteiger partial charge in [0.15, 0.2) is 0 Å². The second-order valence-electron chi connectivity index (χ2n) is 11.7. The van der Waals surface area contributed by atoms with Crippen LogP contribution in [0, 0.1) is 10.7 Å². The van der Waals surface area contributed by atoms with Crippen molar-refractivity contribution in [2.45, 2.75) is 104 Å². The fourth-order valence-electron chi connectivity index (χ4n) is 5.18. The van der Waals surface area contributed by atoms with Crippen LogP contribution in [0.25, 0.3) is 0 Å². The first-order valence-corrected chi connectivity index (χ1v) is 13.7. The van der Waals surface area contributed by atoms with Gasteiger partial charge in [-0.05, 0) is 104 Å². The van der Waals surface area contributed by atoms with Crippen LogP contribution in [0.15, 0.2) is 0 Å². The number of rotatable bonds is 7. The van der Waals surface area contributed by atoms with Crippen molar-refractivity contribution in [3.8, 4) is 0 Å². The van der Waals surface area contributed by atoms with Crippen LogP contribution >= 0.6 is 12.2 Å². The van der Waals surface area contributed by atoms with Crippen molar-refractivity contribution in [1.29, 1.82) is 0 Å². The predicted octanol–water partition coefficient (Wildman–Crippen LogP) is 5.05. The summed E-state index contributed by atoms with van der Waals surface area (Å²) in [5, 5.41) is 5.05. The molecule has 0 bridgehead atoms. The number of anilines is 1. The molecule has 4 rings (SSSR count). The maximum atomic E-state index is 12.8. The normalized spacial score (nSPS) is 22.3. The van der Waals surface area contributed by atoms with Gasteiger partial charge in [0.2, 0.25) is 10.7 Å². The fraction of sp³-hybridized carbons (Fsp3) is 0.880. The van der Waals surface area contributed by atoms with Gasteiger partial charge in [0.25, 0.3) is 0 Å². The second kappa shape index (κ2) is 10.6. The van der Waals surface area contributed by atoms with Crippen molar-refractivity contribution in [3.05, 3.63) is 4.77 Å². The minimum Gasteiger partial charge on any atom is -0.444 e. The summed E-state index contributed by atoms with van der Waals surface area (Å²) >= 11 is 5.93. The quantitative estimate of drug-likeness (QED) is 0.496. The van der Waals surface area contributed by atoms with Crippen LogP contribution in [0.5, 0.6) is 0 Å². The number of hydrogen-bond acceptors (Lipinski definition) is 6. The van der Waals surface area contributed by atoms with E-state index in [4.69, 9.17) is 22.1 Å². The molecule has 34 heavy (non-hydrogen) atoms. The van der Waals surface area contributed by atoms with E-state index in [0.29, 0.717) is 12.0 Å². The Morgan fingerprint density at radius 2 is 1.82 bits per heavy atom. The van der Waals surface area contributed by atoms with Crippen molar-refractivity contribution in [3.63, 3.8) is 0 Å². The molecule has 0 aromatic carbocycles. The third-order valence-corrected chi connectivity index (χ3v) is 7.45. The summed E-state index contributed by atoms with van der Waals surface area (Å²) in [6.45, 7) is 15.5. The zero-order valence-corrected chi connectivity index (χ0v) is 22.6. The van der Waals surface area contributed by atoms with Crippen molar-refractivity contribution in [1.82, 2.24) is 24.1 Å². The Kier molecular flexibility index (Phi) is 7.92. The Balaban J connectivity index is 1.43. The Morgan fingerprint density at radius 1 is 1.12 bits per heavy atom. The van der Waals surface area contributed by atoms with Crippen molar-refractivity contribution in [2.24, 2.45) is 5.92 Å². The minimum atomic E-state index is -0.480. The van der Waals surface area contributed by atoms with Gasteiger partial charge < -0.3 is 14.5 Å². The van der Waals surface area contributed by atoms with Crippen molar-refractivity contribution in [2.75, 3.05) is 37.6 Å². The molecule has 8 nitrogen and oxygen atoms in total. The Hall–Kier alpha value is -1.61. The third kappa shape index (κ3) is 6.33. The molecule has 2 aliphatic heterocycles. The highest BCUT2D eigenvalue weighted by atomic mass is 32.1. The van der Waals surface area contributed by atoms with Gasteiger partial charge in [0.1, 0.15) is 5.60 Å². The minimum absolute atomic E-state index is 0.111. The monoisotopic (exact) mass is 492 g/mol. The summed E-state index contributed by atoms with van der Waals surface area (Å²) in [5.41, 5.74) is -0.480. The summed E-state index contributed by atoms with van der Waals surface area (Å²) in [6, 6.07) is 0.640. The summed E-state index contributed by atoms with van der Waals surface area (Å²) in [5.74, 6) is 1.50. The number of aromatic nitrogens is 3. The highest BCUT2D eigenvalue weighted by molar-refractivity contribution is 7.71. The van der Waals surface area contributed by atoms with E-state index in [9.17, 15) is 4.79 Å². The fourth-order valence-corrected chi connectivity index (χ4v) is 5.51. The van der Waals surface area contributed by atoms with Crippen LogP contribution in [0.4, 0.5) is 10.7 Å². The molecule has 1 aliphatic carbocycles. The maximum absolute atomic E-state index is 12.8. The van der Waals surface area contributed by atoms with E-state index >= 15 is 0 Å². The summed E-state index contributed by atoms with van der Waals surface area (Å²) < 4.78 is 10.9. The number of likely N-dealkylation sites (tertiary alicyclic amines) is 1. The van der Waals surface area contributed by atoms with E-state index in [1.54, 1.807) is 0 Å². The molecule has 0 spiro atoms. The zero-order valence-electron chi connectivity index (χ0n) is 21.8. The number of ether oxygens (including phenoxy) is 1. The van der Waals surface area contributed by atoms with Crippen molar-refractivity contribution < 1.29 is 9.53 Å². The molecule has 3 fully saturated rings. The van der Waals surface area contributed by atoms with E-state index in [1.165, 1.54) is 32.1 Å². The smallest absolute Gasteiger partial charge is 0.410 e. The van der Waals surface area contributed by atoms with Gasteiger partial charge in [-0.15, -0.1) is 5.10 Å². The number of carbonyl (C=O) groups is 1. The average Bonchev–Trinajstić information content (AvgIpc) is 3.56. The van der Waals surface area contributed by atoms with Gasteiger partial charge >= 0.3 is 6.09 Å². The molecule has 9 heteroatoms. The molecular weight excluding hydrogens is 448 g/mol. The Labute approximate surface area is 210 Å². The lowest BCUT2D eigenvalue weighted by Crippen LogP contribution is -2.47. The third-order valence-electron chi connectivity index (χ3n) is 7.05. The first kappa shape index (κ1) is 25.5. The molecule has 1 aromatic heterocycles. The number of nitrogens with zero attached hydrogens (tertiary/aromatic N) is 6.